The fraction of sp³-hybridized carbons (Fsp3) is 0.409. The number of hydrogen-bond acceptors (Lipinski definition) is 5. The Labute approximate surface area is 186 Å². The number of aliphatic hydroxyl groups is 1. The van der Waals surface area contributed by atoms with E-state index < -0.39 is 6.10 Å². The average molecular weight is 449 g/mol. The van der Waals surface area contributed by atoms with Crippen molar-refractivity contribution in [2.24, 2.45) is 0 Å². The summed E-state index contributed by atoms with van der Waals surface area (Å²) in [5, 5.41) is 11.8. The summed E-state index contributed by atoms with van der Waals surface area (Å²) in [6.45, 7) is 5.31. The van der Waals surface area contributed by atoms with Gasteiger partial charge in [0.1, 0.15) is 0 Å². The normalized spacial score (nSPS) is 23.1. The maximum Gasteiger partial charge on any atom is 0.254 e. The lowest BCUT2D eigenvalue weighted by molar-refractivity contribution is 0.0423. The first-order valence-electron chi connectivity index (χ1n) is 10.1. The molecule has 0 radical (unpaired) electrons. The summed E-state index contributed by atoms with van der Waals surface area (Å²) >= 11 is 11.9. The van der Waals surface area contributed by atoms with Gasteiger partial charge in [-0.05, 0) is 35.9 Å². The third-order valence-electron chi connectivity index (χ3n) is 5.98. The molecule has 6 nitrogen and oxygen atoms in total. The van der Waals surface area contributed by atoms with Crippen LogP contribution in [0.3, 0.4) is 0 Å². The number of nitrogens with zero attached hydrogens (tertiary/aromatic N) is 3. The van der Waals surface area contributed by atoms with Crippen LogP contribution >= 0.6 is 23.2 Å². The van der Waals surface area contributed by atoms with Gasteiger partial charge in [0.25, 0.3) is 5.91 Å². The number of carbonyl (C=O) groups is 1. The number of piperazine rings is 1. The minimum Gasteiger partial charge on any atom is -0.398 e. The van der Waals surface area contributed by atoms with Crippen molar-refractivity contribution >= 4 is 34.8 Å². The molecule has 2 fully saturated rings. The van der Waals surface area contributed by atoms with E-state index in [-0.39, 0.29) is 11.9 Å². The predicted octanol–water partition coefficient (Wildman–Crippen LogP) is 2.58. The highest BCUT2D eigenvalue weighted by Gasteiger charge is 2.38. The maximum absolute atomic E-state index is 12.8. The molecule has 2 atom stereocenters. The summed E-state index contributed by atoms with van der Waals surface area (Å²) in [6, 6.07) is 12.8. The van der Waals surface area contributed by atoms with Crippen molar-refractivity contribution in [1.82, 2.24) is 14.7 Å². The van der Waals surface area contributed by atoms with Gasteiger partial charge in [-0.1, -0.05) is 35.3 Å². The Kier molecular flexibility index (Phi) is 6.51. The Morgan fingerprint density at radius 3 is 2.40 bits per heavy atom. The molecule has 2 aromatic rings. The number of hydrogen-bond donors (Lipinski definition) is 2. The van der Waals surface area contributed by atoms with Gasteiger partial charge in [-0.2, -0.15) is 0 Å². The summed E-state index contributed by atoms with van der Waals surface area (Å²) in [5.74, 6) is -0.124. The lowest BCUT2D eigenvalue weighted by Crippen LogP contribution is -2.53. The number of halogens is 2. The van der Waals surface area contributed by atoms with Crippen molar-refractivity contribution in [3.8, 4) is 0 Å². The zero-order chi connectivity index (χ0) is 21.3. The van der Waals surface area contributed by atoms with Crippen molar-refractivity contribution in [1.29, 1.82) is 0 Å². The SMILES string of the molecule is Nc1cc(C(=O)N2CC(O)C(N3CCN(Cc4ccc(Cl)cc4)CC3)C2)ccc1Cl. The van der Waals surface area contributed by atoms with Gasteiger partial charge in [0.15, 0.2) is 0 Å². The van der Waals surface area contributed by atoms with E-state index in [0.717, 1.165) is 37.7 Å². The Balaban J connectivity index is 1.32. The van der Waals surface area contributed by atoms with Gasteiger partial charge in [0, 0.05) is 56.4 Å². The van der Waals surface area contributed by atoms with Crippen LogP contribution in [-0.2, 0) is 6.54 Å². The molecule has 2 aliphatic rings. The number of aliphatic hydroxyl groups excluding tert-OH is 1. The van der Waals surface area contributed by atoms with Crippen LogP contribution in [0.15, 0.2) is 42.5 Å². The molecule has 160 valence electrons. The Bertz CT molecular complexity index is 901. The van der Waals surface area contributed by atoms with Crippen LogP contribution in [0.25, 0.3) is 0 Å². The molecule has 4 rings (SSSR count). The summed E-state index contributed by atoms with van der Waals surface area (Å²) in [4.78, 5) is 19.3. The molecule has 0 spiro atoms. The third kappa shape index (κ3) is 4.74. The van der Waals surface area contributed by atoms with Gasteiger partial charge < -0.3 is 15.7 Å². The number of amides is 1. The van der Waals surface area contributed by atoms with Gasteiger partial charge in [-0.15, -0.1) is 0 Å². The van der Waals surface area contributed by atoms with E-state index >= 15 is 0 Å². The number of benzene rings is 2. The van der Waals surface area contributed by atoms with Crippen LogP contribution in [-0.4, -0.2) is 77.1 Å². The molecule has 2 unspecified atom stereocenters. The largest absolute Gasteiger partial charge is 0.398 e. The van der Waals surface area contributed by atoms with E-state index in [2.05, 4.69) is 21.9 Å². The molecule has 2 heterocycles. The smallest absolute Gasteiger partial charge is 0.254 e. The first-order chi connectivity index (χ1) is 14.4. The Morgan fingerprint density at radius 1 is 1.03 bits per heavy atom. The molecule has 0 aromatic heterocycles. The lowest BCUT2D eigenvalue weighted by Gasteiger charge is -2.38. The van der Waals surface area contributed by atoms with Gasteiger partial charge >= 0.3 is 0 Å². The van der Waals surface area contributed by atoms with Crippen LogP contribution in [0.5, 0.6) is 0 Å². The standard InChI is InChI=1S/C22H26Cl2N4O2/c23-17-4-1-15(2-5-17)12-26-7-9-27(10-8-26)20-13-28(14-21(20)29)22(30)16-3-6-18(24)19(25)11-16/h1-6,11,20-21,29H,7-10,12-14,25H2. The fourth-order valence-electron chi connectivity index (χ4n) is 4.25. The number of carbonyl (C=O) groups excluding carboxylic acids is 1. The minimum absolute atomic E-state index is 0.0451. The van der Waals surface area contributed by atoms with Crippen LogP contribution in [0, 0.1) is 0 Å². The first kappa shape index (κ1) is 21.4. The highest BCUT2D eigenvalue weighted by Crippen LogP contribution is 2.24. The van der Waals surface area contributed by atoms with Crippen LogP contribution in [0.1, 0.15) is 15.9 Å². The van der Waals surface area contributed by atoms with E-state index in [1.165, 1.54) is 5.56 Å². The number of β-amino-alcohol motifs (C(OH)–C–C–N with tert-alkyl or cyclic N) is 1. The number of rotatable bonds is 4. The third-order valence-corrected chi connectivity index (χ3v) is 6.58. The Morgan fingerprint density at radius 2 is 1.73 bits per heavy atom. The molecule has 2 saturated heterocycles. The van der Waals surface area contributed by atoms with Crippen molar-refractivity contribution < 1.29 is 9.90 Å². The van der Waals surface area contributed by atoms with Crippen LogP contribution < -0.4 is 5.73 Å². The number of likely N-dealkylation sites (tertiary alicyclic amines) is 1. The molecular weight excluding hydrogens is 423 g/mol. The second-order valence-electron chi connectivity index (χ2n) is 8.02. The van der Waals surface area contributed by atoms with E-state index in [0.29, 0.717) is 29.4 Å². The highest BCUT2D eigenvalue weighted by atomic mass is 35.5. The van der Waals surface area contributed by atoms with Crippen LogP contribution in [0.2, 0.25) is 10.0 Å². The van der Waals surface area contributed by atoms with Gasteiger partial charge in [0.05, 0.1) is 22.9 Å². The van der Waals surface area contributed by atoms with E-state index in [1.807, 2.05) is 12.1 Å². The van der Waals surface area contributed by atoms with Crippen LogP contribution in [0.4, 0.5) is 5.69 Å². The minimum atomic E-state index is -0.554. The zero-order valence-electron chi connectivity index (χ0n) is 16.7. The topological polar surface area (TPSA) is 73.0 Å². The molecule has 2 aromatic carbocycles. The molecule has 0 aliphatic carbocycles. The van der Waals surface area contributed by atoms with E-state index in [1.54, 1.807) is 23.1 Å². The van der Waals surface area contributed by atoms with Crippen molar-refractivity contribution in [3.63, 3.8) is 0 Å². The zero-order valence-corrected chi connectivity index (χ0v) is 18.2. The molecule has 2 aliphatic heterocycles. The van der Waals surface area contributed by atoms with Gasteiger partial charge in [-0.25, -0.2) is 0 Å². The molecule has 3 N–H and O–H groups in total. The molecular formula is C22H26Cl2N4O2. The van der Waals surface area contributed by atoms with Crippen molar-refractivity contribution in [2.45, 2.75) is 18.7 Å². The predicted molar refractivity (Wildman–Crippen MR) is 120 cm³/mol. The number of anilines is 1. The summed E-state index contributed by atoms with van der Waals surface area (Å²) < 4.78 is 0. The molecule has 30 heavy (non-hydrogen) atoms. The quantitative estimate of drug-likeness (QED) is 0.703. The highest BCUT2D eigenvalue weighted by molar-refractivity contribution is 6.33. The number of nitrogen functional groups attached to an aromatic ring is 1. The summed E-state index contributed by atoms with van der Waals surface area (Å²) in [5.41, 5.74) is 7.96. The van der Waals surface area contributed by atoms with E-state index in [9.17, 15) is 9.90 Å². The second-order valence-corrected chi connectivity index (χ2v) is 8.86. The first-order valence-corrected chi connectivity index (χ1v) is 10.9. The molecule has 8 heteroatoms. The maximum atomic E-state index is 12.8. The van der Waals surface area contributed by atoms with Gasteiger partial charge in [0.2, 0.25) is 0 Å². The van der Waals surface area contributed by atoms with E-state index in [4.69, 9.17) is 28.9 Å². The second kappa shape index (κ2) is 9.12. The lowest BCUT2D eigenvalue weighted by atomic mass is 10.1. The Hall–Kier alpha value is -1.83. The van der Waals surface area contributed by atoms with Crippen molar-refractivity contribution in [2.75, 3.05) is 45.0 Å². The summed E-state index contributed by atoms with van der Waals surface area (Å²) in [6.07, 6.45) is -0.554. The monoisotopic (exact) mass is 448 g/mol. The number of nitrogens with two attached hydrogens (primary N) is 1. The molecule has 0 saturated carbocycles. The molecule has 1 amide bonds. The fourth-order valence-corrected chi connectivity index (χ4v) is 4.50. The van der Waals surface area contributed by atoms with Gasteiger partial charge in [-0.3, -0.25) is 14.6 Å². The average Bonchev–Trinajstić information content (AvgIpc) is 3.13. The molecule has 0 bridgehead atoms. The summed E-state index contributed by atoms with van der Waals surface area (Å²) in [7, 11) is 0. The van der Waals surface area contributed by atoms with Crippen molar-refractivity contribution in [3.05, 3.63) is 63.6 Å².